The van der Waals surface area contributed by atoms with Crippen LogP contribution in [0.2, 0.25) is 0 Å². The molecule has 4 aromatic rings. The van der Waals surface area contributed by atoms with Crippen LogP contribution in [0.4, 0.5) is 10.5 Å². The van der Waals surface area contributed by atoms with Gasteiger partial charge < -0.3 is 24.7 Å². The maximum absolute atomic E-state index is 13.9. The molecule has 2 atom stereocenters. The largest absolute Gasteiger partial charge is 0.467 e. The van der Waals surface area contributed by atoms with Crippen LogP contribution in [0.25, 0.3) is 0 Å². The van der Waals surface area contributed by atoms with Crippen LogP contribution in [-0.4, -0.2) is 36.5 Å². The minimum Gasteiger partial charge on any atom is -0.467 e. The van der Waals surface area contributed by atoms with Gasteiger partial charge in [0.05, 0.1) is 38.1 Å². The van der Waals surface area contributed by atoms with Crippen LogP contribution in [0, 0.1) is 5.92 Å². The Hall–Kier alpha value is -4.85. The highest BCUT2D eigenvalue weighted by atomic mass is 16.5. The third kappa shape index (κ3) is 6.84. The van der Waals surface area contributed by atoms with Crippen molar-refractivity contribution < 1.29 is 23.5 Å². The van der Waals surface area contributed by atoms with Crippen molar-refractivity contribution in [2.45, 2.75) is 31.8 Å². The molecule has 210 valence electrons. The van der Waals surface area contributed by atoms with Gasteiger partial charge in [-0.1, -0.05) is 60.7 Å². The molecular formula is C33H33N3O5. The summed E-state index contributed by atoms with van der Waals surface area (Å²) in [6.45, 7) is 0.0700. The van der Waals surface area contributed by atoms with Crippen LogP contribution >= 0.6 is 0 Å². The normalized spacial score (nSPS) is 15.8. The number of carbonyl (C=O) groups is 3. The number of urea groups is 1. The second-order valence-corrected chi connectivity index (χ2v) is 10.1. The molecule has 0 spiro atoms. The number of ether oxygens (including phenoxy) is 1. The van der Waals surface area contributed by atoms with Gasteiger partial charge in [0.1, 0.15) is 5.76 Å². The first-order valence-electron chi connectivity index (χ1n) is 13.7. The fourth-order valence-electron chi connectivity index (χ4n) is 5.54. The second-order valence-electron chi connectivity index (χ2n) is 10.1. The molecule has 0 fully saturated rings. The summed E-state index contributed by atoms with van der Waals surface area (Å²) in [7, 11) is 1.30. The number of benzene rings is 3. The Morgan fingerprint density at radius 2 is 1.76 bits per heavy atom. The van der Waals surface area contributed by atoms with Crippen molar-refractivity contribution in [2.24, 2.45) is 5.92 Å². The maximum atomic E-state index is 13.9. The van der Waals surface area contributed by atoms with Crippen molar-refractivity contribution in [2.75, 3.05) is 19.0 Å². The average molecular weight is 552 g/mol. The van der Waals surface area contributed by atoms with E-state index in [1.807, 2.05) is 47.4 Å². The number of rotatable bonds is 9. The Bertz CT molecular complexity index is 1490. The van der Waals surface area contributed by atoms with E-state index in [1.165, 1.54) is 24.3 Å². The molecular weight excluding hydrogens is 518 g/mol. The number of nitrogens with zero attached hydrogens (tertiary/aromatic N) is 1. The topological polar surface area (TPSA) is 101 Å². The van der Waals surface area contributed by atoms with Crippen LogP contribution in [0.1, 0.15) is 45.3 Å². The van der Waals surface area contributed by atoms with E-state index in [1.54, 1.807) is 24.5 Å². The SMILES string of the molecule is COC(=O)c1cccc(NC(=O)NCC(=O)N(Cc2ccco2)[C@@H]2c3ccccc3CC[C@@H]2Cc2ccccc2)c1. The van der Waals surface area contributed by atoms with E-state index >= 15 is 0 Å². The summed E-state index contributed by atoms with van der Waals surface area (Å²) >= 11 is 0. The molecule has 3 aromatic carbocycles. The van der Waals surface area contributed by atoms with Crippen molar-refractivity contribution in [1.82, 2.24) is 10.2 Å². The standard InChI is InChI=1S/C33H33N3O5/c1-40-32(38)26-12-7-13-27(20-26)35-33(39)34-21-30(37)36(22-28-14-8-18-41-28)31-25(19-23-9-3-2-4-10-23)17-16-24-11-5-6-15-29(24)31/h2-15,18,20,25,31H,16-17,19,21-22H2,1H3,(H2,34,35,39)/t25-,31+/m1/s1. The molecule has 5 rings (SSSR count). The van der Waals surface area contributed by atoms with E-state index in [2.05, 4.69) is 34.9 Å². The van der Waals surface area contributed by atoms with E-state index in [9.17, 15) is 14.4 Å². The molecule has 0 saturated carbocycles. The number of methoxy groups -OCH3 is 1. The fourth-order valence-corrected chi connectivity index (χ4v) is 5.54. The molecule has 8 heteroatoms. The Morgan fingerprint density at radius 3 is 2.54 bits per heavy atom. The summed E-state index contributed by atoms with van der Waals surface area (Å²) in [5.74, 6) is 0.125. The number of fused-ring (bicyclic) bond motifs is 1. The molecule has 0 saturated heterocycles. The summed E-state index contributed by atoms with van der Waals surface area (Å²) in [6.07, 6.45) is 4.30. The zero-order valence-electron chi connectivity index (χ0n) is 22.9. The zero-order chi connectivity index (χ0) is 28.6. The minimum absolute atomic E-state index is 0.182. The highest BCUT2D eigenvalue weighted by Crippen LogP contribution is 2.41. The van der Waals surface area contributed by atoms with Gasteiger partial charge in [-0.05, 0) is 72.2 Å². The highest BCUT2D eigenvalue weighted by Gasteiger charge is 2.36. The van der Waals surface area contributed by atoms with Crippen LogP contribution in [0.3, 0.4) is 0 Å². The van der Waals surface area contributed by atoms with Gasteiger partial charge in [0.2, 0.25) is 5.91 Å². The van der Waals surface area contributed by atoms with Crippen LogP contribution in [0.15, 0.2) is 102 Å². The lowest BCUT2D eigenvalue weighted by atomic mass is 9.76. The summed E-state index contributed by atoms with van der Waals surface area (Å²) in [4.78, 5) is 40.3. The average Bonchev–Trinajstić information content (AvgIpc) is 3.52. The van der Waals surface area contributed by atoms with E-state index in [0.717, 1.165) is 24.8 Å². The molecule has 3 amide bonds. The number of aryl methyl sites for hydroxylation is 1. The number of carbonyl (C=O) groups excluding carboxylic acids is 3. The number of anilines is 1. The van der Waals surface area contributed by atoms with Crippen molar-refractivity contribution in [3.63, 3.8) is 0 Å². The summed E-state index contributed by atoms with van der Waals surface area (Å²) in [5.41, 5.74) is 4.30. The third-order valence-corrected chi connectivity index (χ3v) is 7.45. The summed E-state index contributed by atoms with van der Waals surface area (Å²) in [6, 6.07) is 27.9. The molecule has 8 nitrogen and oxygen atoms in total. The lowest BCUT2D eigenvalue weighted by Crippen LogP contribution is -2.46. The van der Waals surface area contributed by atoms with Gasteiger partial charge in [0, 0.05) is 5.69 Å². The zero-order valence-corrected chi connectivity index (χ0v) is 22.9. The lowest BCUT2D eigenvalue weighted by Gasteiger charge is -2.41. The fraction of sp³-hybridized carbons (Fsp3) is 0.242. The highest BCUT2D eigenvalue weighted by molar-refractivity contribution is 5.95. The maximum Gasteiger partial charge on any atom is 0.337 e. The molecule has 0 aliphatic heterocycles. The molecule has 41 heavy (non-hydrogen) atoms. The van der Waals surface area contributed by atoms with Crippen molar-refractivity contribution >= 4 is 23.6 Å². The smallest absolute Gasteiger partial charge is 0.337 e. The van der Waals surface area contributed by atoms with E-state index in [-0.39, 0.29) is 31.0 Å². The van der Waals surface area contributed by atoms with Gasteiger partial charge in [-0.3, -0.25) is 4.79 Å². The van der Waals surface area contributed by atoms with Crippen LogP contribution in [-0.2, 0) is 28.9 Å². The van der Waals surface area contributed by atoms with Gasteiger partial charge in [-0.15, -0.1) is 0 Å². The van der Waals surface area contributed by atoms with Crippen LogP contribution < -0.4 is 10.6 Å². The Morgan fingerprint density at radius 1 is 0.951 bits per heavy atom. The van der Waals surface area contributed by atoms with E-state index < -0.39 is 12.0 Å². The van der Waals surface area contributed by atoms with Gasteiger partial charge in [0.25, 0.3) is 0 Å². The van der Waals surface area contributed by atoms with Gasteiger partial charge >= 0.3 is 12.0 Å². The Balaban J connectivity index is 1.37. The molecule has 1 aliphatic rings. The first kappa shape index (κ1) is 27.7. The predicted octanol–water partition coefficient (Wildman–Crippen LogP) is 5.76. The molecule has 1 heterocycles. The Kier molecular flexibility index (Phi) is 8.79. The predicted molar refractivity (Wildman–Crippen MR) is 155 cm³/mol. The number of furan rings is 1. The lowest BCUT2D eigenvalue weighted by molar-refractivity contribution is -0.135. The monoisotopic (exact) mass is 551 g/mol. The number of hydrogen-bond acceptors (Lipinski definition) is 5. The third-order valence-electron chi connectivity index (χ3n) is 7.45. The van der Waals surface area contributed by atoms with Crippen molar-refractivity contribution in [3.05, 3.63) is 125 Å². The number of esters is 1. The number of nitrogens with one attached hydrogen (secondary N) is 2. The van der Waals surface area contributed by atoms with Crippen molar-refractivity contribution in [1.29, 1.82) is 0 Å². The first-order chi connectivity index (χ1) is 20.0. The van der Waals surface area contributed by atoms with Gasteiger partial charge in [0.15, 0.2) is 0 Å². The number of amides is 3. The summed E-state index contributed by atoms with van der Waals surface area (Å²) < 4.78 is 10.4. The van der Waals surface area contributed by atoms with Crippen LogP contribution in [0.5, 0.6) is 0 Å². The quantitative estimate of drug-likeness (QED) is 0.258. The van der Waals surface area contributed by atoms with Gasteiger partial charge in [-0.25, -0.2) is 9.59 Å². The molecule has 1 aliphatic carbocycles. The Labute approximate surface area is 239 Å². The molecule has 0 bridgehead atoms. The molecule has 1 aromatic heterocycles. The van der Waals surface area contributed by atoms with Gasteiger partial charge in [-0.2, -0.15) is 0 Å². The van der Waals surface area contributed by atoms with E-state index in [0.29, 0.717) is 17.0 Å². The molecule has 2 N–H and O–H groups in total. The first-order valence-corrected chi connectivity index (χ1v) is 13.7. The van der Waals surface area contributed by atoms with E-state index in [4.69, 9.17) is 9.15 Å². The minimum atomic E-state index is -0.553. The second kappa shape index (κ2) is 13.0. The summed E-state index contributed by atoms with van der Waals surface area (Å²) in [5, 5.41) is 5.38. The van der Waals surface area contributed by atoms with Crippen molar-refractivity contribution in [3.8, 4) is 0 Å². The molecule has 0 radical (unpaired) electrons. The molecule has 0 unspecified atom stereocenters. The number of hydrogen-bond donors (Lipinski definition) is 2.